The van der Waals surface area contributed by atoms with Crippen LogP contribution in [0, 0.1) is 6.92 Å². The maximum absolute atomic E-state index is 12.8. The number of pyridine rings is 1. The molecule has 1 unspecified atom stereocenters. The summed E-state index contributed by atoms with van der Waals surface area (Å²) in [6.45, 7) is 1.52. The highest BCUT2D eigenvalue weighted by atomic mass is 32.2. The highest BCUT2D eigenvalue weighted by molar-refractivity contribution is 7.91. The highest BCUT2D eigenvalue weighted by Crippen LogP contribution is 2.41. The van der Waals surface area contributed by atoms with Crippen LogP contribution in [0.2, 0.25) is 0 Å². The van der Waals surface area contributed by atoms with Crippen LogP contribution in [0.15, 0.2) is 16.8 Å². The van der Waals surface area contributed by atoms with Crippen molar-refractivity contribution in [1.82, 2.24) is 20.4 Å². The van der Waals surface area contributed by atoms with Crippen LogP contribution in [-0.2, 0) is 9.84 Å². The molecule has 2 aromatic heterocycles. The van der Waals surface area contributed by atoms with E-state index in [1.807, 2.05) is 0 Å². The van der Waals surface area contributed by atoms with Gasteiger partial charge in [0.1, 0.15) is 16.8 Å². The third-order valence-electron chi connectivity index (χ3n) is 5.20. The van der Waals surface area contributed by atoms with Crippen molar-refractivity contribution in [2.75, 3.05) is 12.9 Å². The first-order valence-corrected chi connectivity index (χ1v) is 11.8. The van der Waals surface area contributed by atoms with Crippen LogP contribution >= 0.6 is 0 Å². The predicted molar refractivity (Wildman–Crippen MR) is 106 cm³/mol. The minimum absolute atomic E-state index is 0.00751. The SMILES string of the molecule is Cc1nc([C@H](C)C(NC(=O)c2cc(OCC(F)(F)F)c(C3CCC3)cn2)S(C)(=O)=O)no1. The molecule has 9 nitrogen and oxygen atoms in total. The molecule has 0 saturated heterocycles. The number of sulfone groups is 1. The van der Waals surface area contributed by atoms with Gasteiger partial charge in [-0.05, 0) is 18.8 Å². The molecule has 0 aromatic carbocycles. The van der Waals surface area contributed by atoms with E-state index in [9.17, 15) is 26.4 Å². The number of nitrogens with one attached hydrogen (secondary N) is 1. The number of hydrogen-bond donors (Lipinski definition) is 1. The van der Waals surface area contributed by atoms with Gasteiger partial charge in [0.15, 0.2) is 22.3 Å². The zero-order chi connectivity index (χ0) is 23.7. The zero-order valence-electron chi connectivity index (χ0n) is 17.6. The lowest BCUT2D eigenvalue weighted by molar-refractivity contribution is -0.153. The second-order valence-corrected chi connectivity index (χ2v) is 9.99. The predicted octanol–water partition coefficient (Wildman–Crippen LogP) is 2.89. The summed E-state index contributed by atoms with van der Waals surface area (Å²) in [4.78, 5) is 20.8. The molecule has 176 valence electrons. The molecule has 1 N–H and O–H groups in total. The van der Waals surface area contributed by atoms with Gasteiger partial charge >= 0.3 is 6.18 Å². The Morgan fingerprint density at radius 1 is 1.38 bits per heavy atom. The molecular weight excluding hydrogens is 453 g/mol. The summed E-state index contributed by atoms with van der Waals surface area (Å²) in [5.41, 5.74) is 0.225. The van der Waals surface area contributed by atoms with Gasteiger partial charge in [-0.15, -0.1) is 0 Å². The Balaban J connectivity index is 1.85. The van der Waals surface area contributed by atoms with E-state index in [4.69, 9.17) is 9.26 Å². The van der Waals surface area contributed by atoms with Gasteiger partial charge in [-0.2, -0.15) is 18.2 Å². The number of halogens is 3. The molecule has 1 aliphatic rings. The van der Waals surface area contributed by atoms with Crippen molar-refractivity contribution in [1.29, 1.82) is 0 Å². The van der Waals surface area contributed by atoms with Crippen molar-refractivity contribution in [3.63, 3.8) is 0 Å². The van der Waals surface area contributed by atoms with Gasteiger partial charge in [0, 0.05) is 31.0 Å². The quantitative estimate of drug-likeness (QED) is 0.617. The van der Waals surface area contributed by atoms with Gasteiger partial charge in [0.2, 0.25) is 5.89 Å². The van der Waals surface area contributed by atoms with E-state index in [1.165, 1.54) is 20.0 Å². The highest BCUT2D eigenvalue weighted by Gasteiger charge is 2.34. The normalized spacial score (nSPS) is 16.8. The first-order valence-electron chi connectivity index (χ1n) is 9.84. The molecule has 2 aromatic rings. The minimum Gasteiger partial charge on any atom is -0.484 e. The van der Waals surface area contributed by atoms with E-state index in [2.05, 4.69) is 20.4 Å². The Kier molecular flexibility index (Phi) is 6.77. The van der Waals surface area contributed by atoms with Crippen LogP contribution in [0.4, 0.5) is 13.2 Å². The summed E-state index contributed by atoms with van der Waals surface area (Å²) in [6, 6.07) is 1.11. The monoisotopic (exact) mass is 476 g/mol. The molecule has 1 saturated carbocycles. The van der Waals surface area contributed by atoms with Gasteiger partial charge < -0.3 is 14.6 Å². The molecule has 0 spiro atoms. The van der Waals surface area contributed by atoms with Crippen molar-refractivity contribution in [2.45, 2.75) is 56.5 Å². The average molecular weight is 476 g/mol. The molecule has 3 rings (SSSR count). The van der Waals surface area contributed by atoms with E-state index in [-0.39, 0.29) is 29.1 Å². The largest absolute Gasteiger partial charge is 0.484 e. The summed E-state index contributed by atoms with van der Waals surface area (Å²) in [5, 5.41) is 4.65. The van der Waals surface area contributed by atoms with Crippen molar-refractivity contribution in [3.8, 4) is 5.75 Å². The number of rotatable bonds is 8. The first-order chi connectivity index (χ1) is 14.8. The zero-order valence-corrected chi connectivity index (χ0v) is 18.5. The van der Waals surface area contributed by atoms with E-state index in [0.29, 0.717) is 5.56 Å². The van der Waals surface area contributed by atoms with Crippen LogP contribution in [0.3, 0.4) is 0 Å². The second-order valence-electron chi connectivity index (χ2n) is 7.82. The number of carbonyl (C=O) groups excluding carboxylic acids is 1. The lowest BCUT2D eigenvalue weighted by Crippen LogP contribution is -2.44. The van der Waals surface area contributed by atoms with Gasteiger partial charge in [-0.1, -0.05) is 18.5 Å². The minimum atomic E-state index is -4.55. The van der Waals surface area contributed by atoms with Gasteiger partial charge in [-0.25, -0.2) is 8.42 Å². The summed E-state index contributed by atoms with van der Waals surface area (Å²) in [6.07, 6.45) is 0.205. The molecule has 13 heteroatoms. The first kappa shape index (κ1) is 24.0. The fourth-order valence-corrected chi connectivity index (χ4v) is 4.51. The fraction of sp³-hybridized carbons (Fsp3) is 0.579. The van der Waals surface area contributed by atoms with E-state index < -0.39 is 39.8 Å². The van der Waals surface area contributed by atoms with Crippen LogP contribution in [0.1, 0.15) is 65.8 Å². The molecular formula is C19H23F3N4O5S. The molecule has 2 atom stereocenters. The number of ether oxygens (including phenoxy) is 1. The third kappa shape index (κ3) is 5.75. The van der Waals surface area contributed by atoms with Crippen LogP contribution in [-0.4, -0.2) is 53.9 Å². The Morgan fingerprint density at radius 2 is 2.06 bits per heavy atom. The Bertz CT molecular complexity index is 1080. The van der Waals surface area contributed by atoms with Crippen molar-refractivity contribution >= 4 is 15.7 Å². The lowest BCUT2D eigenvalue weighted by Gasteiger charge is -2.27. The number of aryl methyl sites for hydroxylation is 1. The molecule has 1 amide bonds. The van der Waals surface area contributed by atoms with E-state index >= 15 is 0 Å². The molecule has 0 aliphatic heterocycles. The number of alkyl halides is 3. The summed E-state index contributed by atoms with van der Waals surface area (Å²) < 4.78 is 72.5. The lowest BCUT2D eigenvalue weighted by atomic mass is 9.80. The van der Waals surface area contributed by atoms with Crippen LogP contribution in [0.5, 0.6) is 5.75 Å². The van der Waals surface area contributed by atoms with Crippen molar-refractivity contribution < 1.29 is 35.6 Å². The smallest absolute Gasteiger partial charge is 0.422 e. The van der Waals surface area contributed by atoms with Crippen molar-refractivity contribution in [3.05, 3.63) is 35.2 Å². The molecule has 1 aliphatic carbocycles. The number of aromatic nitrogens is 3. The maximum atomic E-state index is 12.8. The van der Waals surface area contributed by atoms with Crippen LogP contribution < -0.4 is 10.1 Å². The van der Waals surface area contributed by atoms with Gasteiger partial charge in [0.05, 0.1) is 5.92 Å². The van der Waals surface area contributed by atoms with Gasteiger partial charge in [-0.3, -0.25) is 9.78 Å². The molecule has 0 radical (unpaired) electrons. The van der Waals surface area contributed by atoms with Gasteiger partial charge in [0.25, 0.3) is 5.91 Å². The molecule has 32 heavy (non-hydrogen) atoms. The number of amides is 1. The van der Waals surface area contributed by atoms with E-state index in [1.54, 1.807) is 0 Å². The molecule has 0 bridgehead atoms. The Morgan fingerprint density at radius 3 is 2.56 bits per heavy atom. The summed E-state index contributed by atoms with van der Waals surface area (Å²) in [7, 11) is -3.82. The standard InChI is InChI=1S/C19H23F3N4O5S/c1-10(16-24-11(2)31-26-16)18(32(3,28)29)25-17(27)14-7-15(30-9-19(20,21)22)13(8-23-14)12-5-4-6-12/h7-8,10,12,18H,4-6,9H2,1-3H3,(H,25,27)/t10-,18?/m0/s1. The second kappa shape index (κ2) is 9.04. The van der Waals surface area contributed by atoms with Crippen molar-refractivity contribution in [2.24, 2.45) is 0 Å². The Labute approximate surface area is 182 Å². The fourth-order valence-electron chi connectivity index (χ4n) is 3.32. The summed E-state index contributed by atoms with van der Waals surface area (Å²) in [5.74, 6) is -1.52. The molecule has 1 fully saturated rings. The maximum Gasteiger partial charge on any atom is 0.422 e. The molecule has 2 heterocycles. The van der Waals surface area contributed by atoms with E-state index in [0.717, 1.165) is 31.6 Å². The summed E-state index contributed by atoms with van der Waals surface area (Å²) >= 11 is 0. The average Bonchev–Trinajstić information content (AvgIpc) is 3.08. The topological polar surface area (TPSA) is 124 Å². The number of hydrogen-bond acceptors (Lipinski definition) is 8. The Hall–Kier alpha value is -2.70. The third-order valence-corrected chi connectivity index (χ3v) is 6.65. The number of carbonyl (C=O) groups is 1. The number of nitrogens with zero attached hydrogens (tertiary/aromatic N) is 3. The van der Waals surface area contributed by atoms with Crippen LogP contribution in [0.25, 0.3) is 0 Å².